The number of carboxylic acid groups (broad SMARTS) is 1. The van der Waals surface area contributed by atoms with Crippen LogP contribution in [0.25, 0.3) is 0 Å². The van der Waals surface area contributed by atoms with E-state index < -0.39 is 5.97 Å². The molecule has 0 saturated carbocycles. The normalized spacial score (nSPS) is 20.2. The predicted octanol–water partition coefficient (Wildman–Crippen LogP) is 2.32. The maximum Gasteiger partial charge on any atom is 0.317 e. The van der Waals surface area contributed by atoms with Crippen molar-refractivity contribution in [1.82, 2.24) is 10.2 Å². The number of hydrogen-bond acceptors (Lipinski definition) is 2. The van der Waals surface area contributed by atoms with Crippen LogP contribution in [-0.2, 0) is 4.79 Å². The van der Waals surface area contributed by atoms with Crippen molar-refractivity contribution in [2.75, 3.05) is 19.6 Å². The quantitative estimate of drug-likeness (QED) is 0.823. The largest absolute Gasteiger partial charge is 0.481 e. The molecule has 0 aromatic rings. The number of carbonyl (C=O) groups is 2. The molecule has 0 aromatic carbocycles. The highest BCUT2D eigenvalue weighted by Crippen LogP contribution is 2.20. The summed E-state index contributed by atoms with van der Waals surface area (Å²) in [5, 5.41) is 11.7. The molecule has 1 rings (SSSR count). The average molecular weight is 270 g/mol. The monoisotopic (exact) mass is 270 g/mol. The average Bonchev–Trinajstić information content (AvgIpc) is 2.26. The lowest BCUT2D eigenvalue weighted by atomic mass is 9.92. The van der Waals surface area contributed by atoms with E-state index in [4.69, 9.17) is 5.11 Å². The SMILES string of the molecule is CC(C)(C)CCNC(=O)N1CCCC(CC(=O)O)C1. The second-order valence-electron chi connectivity index (χ2n) is 6.59. The van der Waals surface area contributed by atoms with Crippen LogP contribution in [0.2, 0.25) is 0 Å². The first-order valence-corrected chi connectivity index (χ1v) is 7.02. The van der Waals surface area contributed by atoms with Crippen LogP contribution in [-0.4, -0.2) is 41.6 Å². The summed E-state index contributed by atoms with van der Waals surface area (Å²) in [4.78, 5) is 24.4. The Bertz CT molecular complexity index is 323. The van der Waals surface area contributed by atoms with Crippen molar-refractivity contribution in [1.29, 1.82) is 0 Å². The fraction of sp³-hybridized carbons (Fsp3) is 0.857. The molecule has 0 spiro atoms. The summed E-state index contributed by atoms with van der Waals surface area (Å²) in [7, 11) is 0. The Kier molecular flexibility index (Phi) is 5.63. The molecule has 1 aliphatic rings. The highest BCUT2D eigenvalue weighted by molar-refractivity contribution is 5.74. The maximum absolute atomic E-state index is 12.0. The molecule has 110 valence electrons. The third-order valence-corrected chi connectivity index (χ3v) is 3.42. The maximum atomic E-state index is 12.0. The lowest BCUT2D eigenvalue weighted by molar-refractivity contribution is -0.138. The first kappa shape index (κ1) is 15.8. The van der Waals surface area contributed by atoms with E-state index in [0.29, 0.717) is 13.1 Å². The second kappa shape index (κ2) is 6.78. The number of rotatable bonds is 4. The molecule has 5 heteroatoms. The molecular formula is C14H26N2O3. The third kappa shape index (κ3) is 6.45. The van der Waals surface area contributed by atoms with Gasteiger partial charge in [0.05, 0.1) is 0 Å². The Hall–Kier alpha value is -1.26. The van der Waals surface area contributed by atoms with Gasteiger partial charge in [-0.25, -0.2) is 4.79 Å². The number of urea groups is 1. The van der Waals surface area contributed by atoms with Gasteiger partial charge in [-0.1, -0.05) is 20.8 Å². The minimum Gasteiger partial charge on any atom is -0.481 e. The molecule has 1 atom stereocenters. The lowest BCUT2D eigenvalue weighted by Gasteiger charge is -2.32. The van der Waals surface area contributed by atoms with Crippen LogP contribution in [0.3, 0.4) is 0 Å². The van der Waals surface area contributed by atoms with Gasteiger partial charge < -0.3 is 15.3 Å². The minimum absolute atomic E-state index is 0.0562. The molecule has 0 aromatic heterocycles. The Morgan fingerprint density at radius 1 is 1.37 bits per heavy atom. The van der Waals surface area contributed by atoms with Gasteiger partial charge in [0.1, 0.15) is 0 Å². The summed E-state index contributed by atoms with van der Waals surface area (Å²) >= 11 is 0. The second-order valence-corrected chi connectivity index (χ2v) is 6.59. The van der Waals surface area contributed by atoms with Crippen LogP contribution >= 0.6 is 0 Å². The highest BCUT2D eigenvalue weighted by Gasteiger charge is 2.25. The van der Waals surface area contributed by atoms with Gasteiger partial charge in [0, 0.05) is 26.1 Å². The number of amides is 2. The molecule has 1 fully saturated rings. The van der Waals surface area contributed by atoms with Crippen LogP contribution in [0.4, 0.5) is 4.79 Å². The Morgan fingerprint density at radius 2 is 2.05 bits per heavy atom. The number of carboxylic acids is 1. The Balaban J connectivity index is 2.33. The van der Waals surface area contributed by atoms with Crippen molar-refractivity contribution in [2.45, 2.75) is 46.5 Å². The van der Waals surface area contributed by atoms with E-state index >= 15 is 0 Å². The van der Waals surface area contributed by atoms with Gasteiger partial charge in [-0.05, 0) is 30.6 Å². The van der Waals surface area contributed by atoms with Crippen molar-refractivity contribution in [3.63, 3.8) is 0 Å². The van der Waals surface area contributed by atoms with E-state index in [1.807, 2.05) is 0 Å². The standard InChI is InChI=1S/C14H26N2O3/c1-14(2,3)6-7-15-13(19)16-8-4-5-11(10-16)9-12(17)18/h11H,4-10H2,1-3H3,(H,15,19)(H,17,18). The van der Waals surface area contributed by atoms with E-state index in [1.165, 1.54) is 0 Å². The molecule has 1 unspecified atom stereocenters. The number of piperidine rings is 1. The zero-order valence-corrected chi connectivity index (χ0v) is 12.2. The Labute approximate surface area is 115 Å². The van der Waals surface area contributed by atoms with Crippen molar-refractivity contribution in [3.05, 3.63) is 0 Å². The van der Waals surface area contributed by atoms with Crippen LogP contribution in [0.15, 0.2) is 0 Å². The summed E-state index contributed by atoms with van der Waals surface area (Å²) in [5.41, 5.74) is 0.209. The molecule has 1 aliphatic heterocycles. The van der Waals surface area contributed by atoms with Gasteiger partial charge in [-0.3, -0.25) is 4.79 Å². The van der Waals surface area contributed by atoms with Gasteiger partial charge in [-0.2, -0.15) is 0 Å². The smallest absolute Gasteiger partial charge is 0.317 e. The van der Waals surface area contributed by atoms with Crippen molar-refractivity contribution in [3.8, 4) is 0 Å². The zero-order valence-electron chi connectivity index (χ0n) is 12.2. The minimum atomic E-state index is -0.778. The number of hydrogen-bond donors (Lipinski definition) is 2. The molecule has 5 nitrogen and oxygen atoms in total. The number of carbonyl (C=O) groups excluding carboxylic acids is 1. The molecule has 1 heterocycles. The summed E-state index contributed by atoms with van der Waals surface area (Å²) in [6.07, 6.45) is 2.89. The zero-order chi connectivity index (χ0) is 14.5. The van der Waals surface area contributed by atoms with Gasteiger partial charge in [0.2, 0.25) is 0 Å². The number of likely N-dealkylation sites (tertiary alicyclic amines) is 1. The van der Waals surface area contributed by atoms with Crippen LogP contribution in [0.5, 0.6) is 0 Å². The Morgan fingerprint density at radius 3 is 2.63 bits per heavy atom. The fourth-order valence-corrected chi connectivity index (χ4v) is 2.32. The van der Waals surface area contributed by atoms with Crippen molar-refractivity contribution >= 4 is 12.0 Å². The van der Waals surface area contributed by atoms with Gasteiger partial charge in [-0.15, -0.1) is 0 Å². The van der Waals surface area contributed by atoms with E-state index in [1.54, 1.807) is 4.90 Å². The van der Waals surface area contributed by atoms with E-state index in [9.17, 15) is 9.59 Å². The van der Waals surface area contributed by atoms with E-state index in [2.05, 4.69) is 26.1 Å². The molecule has 0 radical (unpaired) electrons. The van der Waals surface area contributed by atoms with Gasteiger partial charge in [0.15, 0.2) is 0 Å². The highest BCUT2D eigenvalue weighted by atomic mass is 16.4. The summed E-state index contributed by atoms with van der Waals surface area (Å²) in [5.74, 6) is -0.681. The molecule has 19 heavy (non-hydrogen) atoms. The summed E-state index contributed by atoms with van der Waals surface area (Å²) in [6, 6.07) is -0.0562. The molecule has 2 N–H and O–H groups in total. The predicted molar refractivity (Wildman–Crippen MR) is 74.0 cm³/mol. The first-order chi connectivity index (χ1) is 8.78. The lowest BCUT2D eigenvalue weighted by Crippen LogP contribution is -2.46. The van der Waals surface area contributed by atoms with E-state index in [-0.39, 0.29) is 23.8 Å². The van der Waals surface area contributed by atoms with E-state index in [0.717, 1.165) is 25.8 Å². The van der Waals surface area contributed by atoms with Crippen LogP contribution in [0, 0.1) is 11.3 Å². The van der Waals surface area contributed by atoms with Crippen LogP contribution < -0.4 is 5.32 Å². The molecule has 0 aliphatic carbocycles. The first-order valence-electron chi connectivity index (χ1n) is 7.02. The number of aliphatic carboxylic acids is 1. The van der Waals surface area contributed by atoms with Crippen LogP contribution in [0.1, 0.15) is 46.5 Å². The fourth-order valence-electron chi connectivity index (χ4n) is 2.32. The topological polar surface area (TPSA) is 69.6 Å². The molecule has 0 bridgehead atoms. The molecular weight excluding hydrogens is 244 g/mol. The number of nitrogens with zero attached hydrogens (tertiary/aromatic N) is 1. The number of nitrogens with one attached hydrogen (secondary N) is 1. The van der Waals surface area contributed by atoms with Crippen molar-refractivity contribution < 1.29 is 14.7 Å². The third-order valence-electron chi connectivity index (χ3n) is 3.42. The molecule has 2 amide bonds. The summed E-state index contributed by atoms with van der Waals surface area (Å²) < 4.78 is 0. The summed E-state index contributed by atoms with van der Waals surface area (Å²) in [6.45, 7) is 8.39. The van der Waals surface area contributed by atoms with Gasteiger partial charge in [0.25, 0.3) is 0 Å². The van der Waals surface area contributed by atoms with Gasteiger partial charge >= 0.3 is 12.0 Å². The molecule has 1 saturated heterocycles. The van der Waals surface area contributed by atoms with Crippen molar-refractivity contribution in [2.24, 2.45) is 11.3 Å².